The Morgan fingerprint density at radius 3 is 2.50 bits per heavy atom. The Labute approximate surface area is 243 Å². The summed E-state index contributed by atoms with van der Waals surface area (Å²) < 4.78 is 48.4. The molecule has 1 amide bonds. The van der Waals surface area contributed by atoms with Crippen molar-refractivity contribution in [3.8, 4) is 0 Å². The zero-order chi connectivity index (χ0) is 28.5. The average molecular weight is 608 g/mol. The predicted octanol–water partition coefficient (Wildman–Crippen LogP) is 5.17. The van der Waals surface area contributed by atoms with Crippen molar-refractivity contribution in [1.29, 1.82) is 0 Å². The highest BCUT2D eigenvalue weighted by Gasteiger charge is 2.38. The summed E-state index contributed by atoms with van der Waals surface area (Å²) in [6.07, 6.45) is 1.72. The van der Waals surface area contributed by atoms with E-state index in [0.29, 0.717) is 37.2 Å². The van der Waals surface area contributed by atoms with Crippen LogP contribution in [0.4, 0.5) is 10.1 Å². The first-order valence-electron chi connectivity index (χ1n) is 13.0. The van der Waals surface area contributed by atoms with Crippen molar-refractivity contribution in [2.75, 3.05) is 30.6 Å². The normalized spacial score (nSPS) is 18.9. The number of nitrogens with zero attached hydrogens (tertiary/aromatic N) is 2. The summed E-state index contributed by atoms with van der Waals surface area (Å²) in [6.45, 7) is 0.382. The number of carbonyl (C=O) groups excluding carboxylic acids is 1. The number of aliphatic hydroxyl groups is 1. The monoisotopic (exact) mass is 606 g/mol. The van der Waals surface area contributed by atoms with Gasteiger partial charge in [-0.2, -0.15) is 0 Å². The maximum Gasteiger partial charge on any atom is 0.264 e. The summed E-state index contributed by atoms with van der Waals surface area (Å²) in [7, 11) is -4.02. The van der Waals surface area contributed by atoms with E-state index in [2.05, 4.69) is 0 Å². The van der Waals surface area contributed by atoms with Crippen LogP contribution in [0, 0.1) is 5.82 Å². The molecule has 1 unspecified atom stereocenters. The smallest absolute Gasteiger partial charge is 0.264 e. The van der Waals surface area contributed by atoms with Gasteiger partial charge < -0.3 is 14.7 Å². The van der Waals surface area contributed by atoms with Gasteiger partial charge in [0, 0.05) is 13.1 Å². The molecule has 1 fully saturated rings. The molecule has 5 rings (SSSR count). The van der Waals surface area contributed by atoms with Gasteiger partial charge in [-0.1, -0.05) is 53.5 Å². The number of fused-ring (bicyclic) bond motifs is 1. The van der Waals surface area contributed by atoms with E-state index in [1.165, 1.54) is 34.6 Å². The lowest BCUT2D eigenvalue weighted by atomic mass is 9.84. The lowest BCUT2D eigenvalue weighted by molar-refractivity contribution is -0.140. The maximum atomic E-state index is 13.8. The standard InChI is InChI=1S/C29H29Cl2FN2O5S/c30-25-11-10-24(17-26(25)31)40(37,38)34-23(9-8-20-4-1-2-7-27(20)34)18-39-19-28(35)33-14-12-29(36,13-15-33)21-5-3-6-22(32)16-21/h1-7,10-11,16-17,23,36H,8-9,12-15,18-19H2. The number of benzene rings is 3. The molecule has 0 radical (unpaired) electrons. The van der Waals surface area contributed by atoms with E-state index in [4.69, 9.17) is 27.9 Å². The van der Waals surface area contributed by atoms with Gasteiger partial charge in [0.2, 0.25) is 5.91 Å². The summed E-state index contributed by atoms with van der Waals surface area (Å²) in [6, 6.07) is 16.9. The number of ether oxygens (including phenoxy) is 1. The number of hydrogen-bond donors (Lipinski definition) is 1. The highest BCUT2D eigenvalue weighted by molar-refractivity contribution is 7.92. The molecule has 1 saturated heterocycles. The molecule has 0 saturated carbocycles. The Balaban J connectivity index is 1.25. The van der Waals surface area contributed by atoms with Crippen LogP contribution in [0.3, 0.4) is 0 Å². The predicted molar refractivity (Wildman–Crippen MR) is 152 cm³/mol. The quantitative estimate of drug-likeness (QED) is 0.401. The van der Waals surface area contributed by atoms with Crippen molar-refractivity contribution in [3.05, 3.63) is 93.7 Å². The molecule has 11 heteroatoms. The number of halogens is 3. The number of sulfonamides is 1. The second-order valence-electron chi connectivity index (χ2n) is 10.1. The lowest BCUT2D eigenvalue weighted by Crippen LogP contribution is -2.48. The minimum absolute atomic E-state index is 0.0128. The van der Waals surface area contributed by atoms with Crippen LogP contribution in [0.1, 0.15) is 30.4 Å². The van der Waals surface area contributed by atoms with E-state index in [1.807, 2.05) is 12.1 Å². The highest BCUT2D eigenvalue weighted by Crippen LogP contribution is 2.37. The van der Waals surface area contributed by atoms with E-state index in [1.54, 1.807) is 29.2 Å². The van der Waals surface area contributed by atoms with Crippen LogP contribution in [0.2, 0.25) is 10.0 Å². The molecule has 40 heavy (non-hydrogen) atoms. The van der Waals surface area contributed by atoms with Crippen LogP contribution in [0.25, 0.3) is 0 Å². The second kappa shape index (κ2) is 11.7. The third-order valence-electron chi connectivity index (χ3n) is 7.60. The van der Waals surface area contributed by atoms with Crippen LogP contribution in [-0.2, 0) is 31.6 Å². The number of carbonyl (C=O) groups is 1. The first-order valence-corrected chi connectivity index (χ1v) is 15.2. The molecule has 2 aliphatic rings. The van der Waals surface area contributed by atoms with Crippen LogP contribution >= 0.6 is 23.2 Å². The van der Waals surface area contributed by atoms with E-state index in [9.17, 15) is 22.7 Å². The number of anilines is 1. The van der Waals surface area contributed by atoms with Gasteiger partial charge >= 0.3 is 0 Å². The Kier molecular flexibility index (Phi) is 8.40. The van der Waals surface area contributed by atoms with Crippen molar-refractivity contribution in [2.24, 2.45) is 0 Å². The topological polar surface area (TPSA) is 87.2 Å². The van der Waals surface area contributed by atoms with Crippen LogP contribution in [0.15, 0.2) is 71.6 Å². The van der Waals surface area contributed by atoms with Gasteiger partial charge in [0.1, 0.15) is 12.4 Å². The van der Waals surface area contributed by atoms with Crippen molar-refractivity contribution < 1.29 is 27.4 Å². The molecule has 0 aliphatic carbocycles. The molecular weight excluding hydrogens is 578 g/mol. The summed E-state index contributed by atoms with van der Waals surface area (Å²) in [5.74, 6) is -0.672. The fourth-order valence-electron chi connectivity index (χ4n) is 5.37. The van der Waals surface area contributed by atoms with E-state index in [0.717, 1.165) is 5.56 Å². The fourth-order valence-corrected chi connectivity index (χ4v) is 7.46. The first-order chi connectivity index (χ1) is 19.1. The summed E-state index contributed by atoms with van der Waals surface area (Å²) in [5, 5.41) is 11.4. The summed E-state index contributed by atoms with van der Waals surface area (Å²) >= 11 is 12.1. The Bertz CT molecular complexity index is 1510. The largest absolute Gasteiger partial charge is 0.385 e. The van der Waals surface area contributed by atoms with E-state index in [-0.39, 0.29) is 46.9 Å². The SMILES string of the molecule is O=C(COCC1CCc2ccccc2N1S(=O)(=O)c1ccc(Cl)c(Cl)c1)N1CCC(O)(c2cccc(F)c2)CC1. The number of amides is 1. The van der Waals surface area contributed by atoms with Crippen LogP contribution in [-0.4, -0.2) is 56.7 Å². The van der Waals surface area contributed by atoms with Gasteiger partial charge in [-0.25, -0.2) is 12.8 Å². The minimum atomic E-state index is -4.02. The zero-order valence-electron chi connectivity index (χ0n) is 21.6. The molecule has 7 nitrogen and oxygen atoms in total. The van der Waals surface area contributed by atoms with Crippen LogP contribution in [0.5, 0.6) is 0 Å². The van der Waals surface area contributed by atoms with Crippen molar-refractivity contribution in [3.63, 3.8) is 0 Å². The van der Waals surface area contributed by atoms with Gasteiger partial charge in [-0.3, -0.25) is 9.10 Å². The molecule has 2 aliphatic heterocycles. The van der Waals surface area contributed by atoms with Crippen molar-refractivity contribution in [2.45, 2.75) is 42.2 Å². The molecule has 212 valence electrons. The molecule has 3 aromatic rings. The second-order valence-corrected chi connectivity index (χ2v) is 12.8. The third-order valence-corrected chi connectivity index (χ3v) is 10.2. The Hall–Kier alpha value is -2.69. The van der Waals surface area contributed by atoms with Gasteiger partial charge in [0.25, 0.3) is 10.0 Å². The van der Waals surface area contributed by atoms with E-state index >= 15 is 0 Å². The number of rotatable bonds is 7. The third kappa shape index (κ3) is 5.85. The fraction of sp³-hybridized carbons (Fsp3) is 0.345. The van der Waals surface area contributed by atoms with Gasteiger partial charge in [0.15, 0.2) is 0 Å². The minimum Gasteiger partial charge on any atom is -0.385 e. The molecule has 3 aromatic carbocycles. The number of piperidine rings is 1. The molecule has 2 heterocycles. The summed E-state index contributed by atoms with van der Waals surface area (Å²) in [5.41, 5.74) is 0.760. The zero-order valence-corrected chi connectivity index (χ0v) is 23.9. The molecule has 1 atom stereocenters. The van der Waals surface area contributed by atoms with Crippen molar-refractivity contribution in [1.82, 2.24) is 4.90 Å². The maximum absolute atomic E-state index is 13.8. The molecule has 0 spiro atoms. The first kappa shape index (κ1) is 28.8. The van der Waals surface area contributed by atoms with E-state index < -0.39 is 27.5 Å². The number of aryl methyl sites for hydroxylation is 1. The Morgan fingerprint density at radius 2 is 1.77 bits per heavy atom. The molecule has 0 aromatic heterocycles. The molecular formula is C29H29Cl2FN2O5S. The highest BCUT2D eigenvalue weighted by atomic mass is 35.5. The number of hydrogen-bond acceptors (Lipinski definition) is 5. The number of para-hydroxylation sites is 1. The van der Waals surface area contributed by atoms with Crippen molar-refractivity contribution >= 4 is 44.8 Å². The Morgan fingerprint density at radius 1 is 1.02 bits per heavy atom. The summed E-state index contributed by atoms with van der Waals surface area (Å²) in [4.78, 5) is 14.5. The number of likely N-dealkylation sites (tertiary alicyclic amines) is 1. The lowest BCUT2D eigenvalue weighted by Gasteiger charge is -2.39. The average Bonchev–Trinajstić information content (AvgIpc) is 2.94. The molecule has 0 bridgehead atoms. The molecule has 1 N–H and O–H groups in total. The van der Waals surface area contributed by atoms with Crippen LogP contribution < -0.4 is 4.31 Å². The van der Waals surface area contributed by atoms with Gasteiger partial charge in [0.05, 0.1) is 38.9 Å². The van der Waals surface area contributed by atoms with Gasteiger partial charge in [-0.05, 0) is 73.2 Å². The van der Waals surface area contributed by atoms with Gasteiger partial charge in [-0.15, -0.1) is 0 Å².